The molecular weight excluding hydrogens is 342 g/mol. The summed E-state index contributed by atoms with van der Waals surface area (Å²) in [5, 5.41) is 0. The quantitative estimate of drug-likeness (QED) is 0.745. The van der Waals surface area contributed by atoms with Crippen molar-refractivity contribution in [1.29, 1.82) is 0 Å². The zero-order chi connectivity index (χ0) is 18.7. The summed E-state index contributed by atoms with van der Waals surface area (Å²) in [5.74, 6) is 0.626. The molecule has 0 fully saturated rings. The molecule has 1 aliphatic rings. The van der Waals surface area contributed by atoms with Crippen molar-refractivity contribution < 1.29 is 27.8 Å². The van der Waals surface area contributed by atoms with Gasteiger partial charge in [0.2, 0.25) is 0 Å². The molecular formula is C20H18F2O4. The molecule has 0 saturated heterocycles. The number of alkyl halides is 2. The smallest absolute Gasteiger partial charge is 0.387 e. The van der Waals surface area contributed by atoms with Gasteiger partial charge in [0.05, 0.1) is 19.3 Å². The van der Waals surface area contributed by atoms with Crippen molar-refractivity contribution in [1.82, 2.24) is 0 Å². The van der Waals surface area contributed by atoms with Crippen LogP contribution in [0.4, 0.5) is 8.78 Å². The molecule has 2 aromatic rings. The second-order valence-electron chi connectivity index (χ2n) is 5.84. The van der Waals surface area contributed by atoms with Gasteiger partial charge >= 0.3 is 6.61 Å². The molecule has 0 aliphatic carbocycles. The Balaban J connectivity index is 1.95. The van der Waals surface area contributed by atoms with E-state index in [1.807, 2.05) is 19.1 Å². The maximum Gasteiger partial charge on any atom is 0.387 e. The van der Waals surface area contributed by atoms with Gasteiger partial charge in [-0.1, -0.05) is 18.2 Å². The predicted molar refractivity (Wildman–Crippen MR) is 93.2 cm³/mol. The number of aryl methyl sites for hydroxylation is 1. The molecule has 2 aromatic carbocycles. The molecule has 0 N–H and O–H groups in total. The minimum absolute atomic E-state index is 0.0545. The first-order valence-corrected chi connectivity index (χ1v) is 8.10. The molecule has 0 atom stereocenters. The summed E-state index contributed by atoms with van der Waals surface area (Å²) in [6.07, 6.45) is 2.17. The summed E-state index contributed by atoms with van der Waals surface area (Å²) in [7, 11) is 1.37. The number of ether oxygens (including phenoxy) is 3. The summed E-state index contributed by atoms with van der Waals surface area (Å²) in [4.78, 5) is 12.9. The minimum Gasteiger partial charge on any atom is -0.493 e. The Kier molecular flexibility index (Phi) is 5.21. The molecule has 0 amide bonds. The first-order chi connectivity index (χ1) is 12.5. The number of carbonyl (C=O) groups excluding carboxylic acids is 1. The number of ketones is 1. The second kappa shape index (κ2) is 7.56. The molecule has 0 bridgehead atoms. The van der Waals surface area contributed by atoms with Gasteiger partial charge in [-0.3, -0.25) is 4.79 Å². The van der Waals surface area contributed by atoms with E-state index < -0.39 is 6.61 Å². The van der Waals surface area contributed by atoms with Gasteiger partial charge in [0.1, 0.15) is 5.75 Å². The number of methoxy groups -OCH3 is 1. The van der Waals surface area contributed by atoms with E-state index in [9.17, 15) is 13.6 Å². The molecule has 0 radical (unpaired) electrons. The highest BCUT2D eigenvalue weighted by atomic mass is 19.3. The first kappa shape index (κ1) is 17.9. The lowest BCUT2D eigenvalue weighted by Gasteiger charge is -2.11. The molecule has 0 saturated carbocycles. The average molecular weight is 360 g/mol. The lowest BCUT2D eigenvalue weighted by Crippen LogP contribution is -2.04. The number of rotatable bonds is 4. The summed E-state index contributed by atoms with van der Waals surface area (Å²) in [6, 6.07) is 10.0. The Bertz CT molecular complexity index is 859. The number of halogens is 2. The first-order valence-electron chi connectivity index (χ1n) is 8.10. The van der Waals surface area contributed by atoms with Crippen LogP contribution in [0.1, 0.15) is 27.9 Å². The van der Waals surface area contributed by atoms with Crippen molar-refractivity contribution in [2.75, 3.05) is 13.7 Å². The Morgan fingerprint density at radius 3 is 2.73 bits per heavy atom. The van der Waals surface area contributed by atoms with Crippen LogP contribution in [0.5, 0.6) is 17.2 Å². The SMILES string of the molecule is COc1cc(/C=C2\CCOc3c(C)cccc3C2=O)ccc1OC(F)F. The summed E-state index contributed by atoms with van der Waals surface area (Å²) < 4.78 is 40.1. The predicted octanol–water partition coefficient (Wildman–Crippen LogP) is 4.65. The van der Waals surface area contributed by atoms with E-state index in [2.05, 4.69) is 4.74 Å². The number of hydrogen-bond donors (Lipinski definition) is 0. The topological polar surface area (TPSA) is 44.8 Å². The van der Waals surface area contributed by atoms with Crippen molar-refractivity contribution in [2.24, 2.45) is 0 Å². The highest BCUT2D eigenvalue weighted by molar-refractivity contribution is 6.13. The number of carbonyl (C=O) groups is 1. The van der Waals surface area contributed by atoms with Crippen molar-refractivity contribution in [3.63, 3.8) is 0 Å². The third-order valence-electron chi connectivity index (χ3n) is 4.11. The van der Waals surface area contributed by atoms with Crippen LogP contribution >= 0.6 is 0 Å². The maximum absolute atomic E-state index is 12.9. The van der Waals surface area contributed by atoms with Gasteiger partial charge in [-0.2, -0.15) is 8.78 Å². The van der Waals surface area contributed by atoms with Crippen LogP contribution in [0.2, 0.25) is 0 Å². The van der Waals surface area contributed by atoms with E-state index in [0.717, 1.165) is 5.56 Å². The standard InChI is InChI=1S/C20H18F2O4/c1-12-4-3-5-15-18(23)14(8-9-25-19(12)15)10-13-6-7-16(26-20(21)22)17(11-13)24-2/h3-7,10-11,20H,8-9H2,1-2H3/b14-10+. The van der Waals surface area contributed by atoms with Crippen molar-refractivity contribution in [3.05, 3.63) is 58.7 Å². The molecule has 1 heterocycles. The van der Waals surface area contributed by atoms with Gasteiger partial charge in [0.25, 0.3) is 0 Å². The van der Waals surface area contributed by atoms with E-state index >= 15 is 0 Å². The van der Waals surface area contributed by atoms with Gasteiger partial charge in [0.15, 0.2) is 17.3 Å². The van der Waals surface area contributed by atoms with E-state index in [4.69, 9.17) is 9.47 Å². The zero-order valence-corrected chi connectivity index (χ0v) is 14.4. The average Bonchev–Trinajstić information content (AvgIpc) is 2.77. The molecule has 136 valence electrons. The van der Waals surface area contributed by atoms with Crippen molar-refractivity contribution in [3.8, 4) is 17.2 Å². The normalized spacial score (nSPS) is 15.4. The third-order valence-corrected chi connectivity index (χ3v) is 4.11. The number of para-hydroxylation sites is 1. The van der Waals surface area contributed by atoms with E-state index in [-0.39, 0.29) is 17.3 Å². The van der Waals surface area contributed by atoms with E-state index in [1.54, 1.807) is 24.3 Å². The molecule has 1 aliphatic heterocycles. The minimum atomic E-state index is -2.94. The molecule has 0 spiro atoms. The fraction of sp³-hybridized carbons (Fsp3) is 0.250. The lowest BCUT2D eigenvalue weighted by atomic mass is 9.97. The molecule has 6 heteroatoms. The van der Waals surface area contributed by atoms with Crippen LogP contribution in [-0.2, 0) is 0 Å². The number of Topliss-reactive ketones (excluding diaryl/α,β-unsaturated/α-hetero) is 1. The number of fused-ring (bicyclic) bond motifs is 1. The van der Waals surface area contributed by atoms with Crippen LogP contribution < -0.4 is 14.2 Å². The van der Waals surface area contributed by atoms with Gasteiger partial charge in [-0.15, -0.1) is 0 Å². The largest absolute Gasteiger partial charge is 0.493 e. The van der Waals surface area contributed by atoms with Gasteiger partial charge < -0.3 is 14.2 Å². The molecule has 3 rings (SSSR count). The van der Waals surface area contributed by atoms with Gasteiger partial charge in [0, 0.05) is 12.0 Å². The lowest BCUT2D eigenvalue weighted by molar-refractivity contribution is -0.0512. The fourth-order valence-electron chi connectivity index (χ4n) is 2.88. The Labute approximate surface area is 150 Å². The van der Waals surface area contributed by atoms with E-state index in [1.165, 1.54) is 13.2 Å². The third kappa shape index (κ3) is 3.69. The number of benzene rings is 2. The summed E-state index contributed by atoms with van der Waals surface area (Å²) >= 11 is 0. The van der Waals surface area contributed by atoms with Crippen molar-refractivity contribution >= 4 is 11.9 Å². The fourth-order valence-corrected chi connectivity index (χ4v) is 2.88. The second-order valence-corrected chi connectivity index (χ2v) is 5.84. The highest BCUT2D eigenvalue weighted by Crippen LogP contribution is 2.33. The van der Waals surface area contributed by atoms with Crippen LogP contribution in [-0.4, -0.2) is 26.1 Å². The van der Waals surface area contributed by atoms with Crippen molar-refractivity contribution in [2.45, 2.75) is 20.0 Å². The molecule has 26 heavy (non-hydrogen) atoms. The Morgan fingerprint density at radius 2 is 2.00 bits per heavy atom. The van der Waals surface area contributed by atoms with Crippen LogP contribution in [0.15, 0.2) is 42.0 Å². The van der Waals surface area contributed by atoms with Gasteiger partial charge in [-0.25, -0.2) is 0 Å². The summed E-state index contributed by atoms with van der Waals surface area (Å²) in [6.45, 7) is -0.652. The van der Waals surface area contributed by atoms with Crippen LogP contribution in [0.25, 0.3) is 6.08 Å². The van der Waals surface area contributed by atoms with Crippen LogP contribution in [0.3, 0.4) is 0 Å². The monoisotopic (exact) mass is 360 g/mol. The highest BCUT2D eigenvalue weighted by Gasteiger charge is 2.22. The maximum atomic E-state index is 12.9. The molecule has 4 nitrogen and oxygen atoms in total. The van der Waals surface area contributed by atoms with E-state index in [0.29, 0.717) is 35.5 Å². The number of hydrogen-bond acceptors (Lipinski definition) is 4. The Morgan fingerprint density at radius 1 is 1.19 bits per heavy atom. The van der Waals surface area contributed by atoms with Gasteiger partial charge in [-0.05, 0) is 42.3 Å². The summed E-state index contributed by atoms with van der Waals surface area (Å²) in [5.41, 5.74) is 2.67. The van der Waals surface area contributed by atoms with Crippen LogP contribution in [0, 0.1) is 6.92 Å². The Hall–Kier alpha value is -2.89. The molecule has 0 unspecified atom stereocenters. The zero-order valence-electron chi connectivity index (χ0n) is 14.4. The molecule has 0 aromatic heterocycles.